The molecule has 1 aliphatic rings. The van der Waals surface area contributed by atoms with E-state index in [-0.39, 0.29) is 11.7 Å². The highest BCUT2D eigenvalue weighted by atomic mass is 16.1. The molecule has 0 aromatic heterocycles. The van der Waals surface area contributed by atoms with Crippen LogP contribution in [0.5, 0.6) is 0 Å². The third-order valence-electron chi connectivity index (χ3n) is 4.48. The third-order valence-corrected chi connectivity index (χ3v) is 4.48. The van der Waals surface area contributed by atoms with E-state index in [0.717, 1.165) is 25.7 Å². The van der Waals surface area contributed by atoms with E-state index >= 15 is 0 Å². The molecule has 1 atom stereocenters. The van der Waals surface area contributed by atoms with Gasteiger partial charge >= 0.3 is 0 Å². The monoisotopic (exact) mass is 280 g/mol. The third kappa shape index (κ3) is 3.92. The normalized spacial score (nSPS) is 16.9. The molecule has 0 saturated heterocycles. The van der Waals surface area contributed by atoms with E-state index in [1.54, 1.807) is 12.1 Å². The van der Waals surface area contributed by atoms with Crippen molar-refractivity contribution < 1.29 is 4.79 Å². The number of rotatable bonds is 5. The van der Waals surface area contributed by atoms with Crippen LogP contribution in [0, 0.1) is 40.4 Å². The second kappa shape index (κ2) is 7.60. The van der Waals surface area contributed by atoms with Crippen LogP contribution >= 0.6 is 0 Å². The Labute approximate surface area is 126 Å². The molecule has 1 saturated carbocycles. The summed E-state index contributed by atoms with van der Waals surface area (Å²) in [6, 6.07) is 13.3. The summed E-state index contributed by atoms with van der Waals surface area (Å²) < 4.78 is 0. The minimum Gasteiger partial charge on any atom is -0.294 e. The van der Waals surface area contributed by atoms with Crippen LogP contribution in [0.4, 0.5) is 0 Å². The highest BCUT2D eigenvalue weighted by Crippen LogP contribution is 2.36. The van der Waals surface area contributed by atoms with E-state index in [9.17, 15) is 15.3 Å². The van der Waals surface area contributed by atoms with Gasteiger partial charge in [0.15, 0.2) is 5.78 Å². The van der Waals surface area contributed by atoms with Crippen LogP contribution in [-0.2, 0) is 0 Å². The maximum Gasteiger partial charge on any atom is 0.163 e. The van der Waals surface area contributed by atoms with E-state index in [1.807, 2.05) is 18.2 Å². The molecule has 1 aromatic carbocycles. The van der Waals surface area contributed by atoms with Gasteiger partial charge in [0.2, 0.25) is 0 Å². The molecule has 2 rings (SSSR count). The Bertz CT molecular complexity index is 533. The van der Waals surface area contributed by atoms with Gasteiger partial charge in [0.1, 0.15) is 5.92 Å². The Morgan fingerprint density at radius 3 is 2.29 bits per heavy atom. The molecule has 0 bridgehead atoms. The van der Waals surface area contributed by atoms with Gasteiger partial charge in [-0.2, -0.15) is 10.5 Å². The van der Waals surface area contributed by atoms with Gasteiger partial charge in [-0.05, 0) is 11.8 Å². The summed E-state index contributed by atoms with van der Waals surface area (Å²) in [4.78, 5) is 12.4. The lowest BCUT2D eigenvalue weighted by molar-refractivity contribution is 0.0919. The Hall–Kier alpha value is -2.13. The number of carbonyl (C=O) groups is 1. The fraction of sp³-hybridized carbons (Fsp3) is 0.500. The van der Waals surface area contributed by atoms with Gasteiger partial charge in [0.05, 0.1) is 12.1 Å². The second-order valence-corrected chi connectivity index (χ2v) is 5.79. The van der Waals surface area contributed by atoms with Crippen molar-refractivity contribution in [3.05, 3.63) is 35.9 Å². The zero-order valence-electron chi connectivity index (χ0n) is 12.2. The molecule has 1 aromatic rings. The van der Waals surface area contributed by atoms with Crippen molar-refractivity contribution in [2.45, 2.75) is 38.5 Å². The fourth-order valence-electron chi connectivity index (χ4n) is 3.30. The first-order valence-corrected chi connectivity index (χ1v) is 7.63. The van der Waals surface area contributed by atoms with Crippen molar-refractivity contribution in [3.63, 3.8) is 0 Å². The molecule has 0 aliphatic heterocycles. The fourth-order valence-corrected chi connectivity index (χ4v) is 3.30. The standard InChI is InChI=1S/C18H20N2O/c19-12-16(13-20)17(14-7-3-1-4-8-14)11-18(21)15-9-5-2-6-10-15/h2,5-6,9-10,14,16-17H,1,3-4,7-8,11H2. The molecule has 108 valence electrons. The molecule has 0 spiro atoms. The van der Waals surface area contributed by atoms with Gasteiger partial charge in [-0.25, -0.2) is 0 Å². The Morgan fingerprint density at radius 1 is 1.10 bits per heavy atom. The maximum atomic E-state index is 12.4. The average molecular weight is 280 g/mol. The molecule has 0 heterocycles. The molecule has 1 aliphatic carbocycles. The van der Waals surface area contributed by atoms with Crippen molar-refractivity contribution in [1.29, 1.82) is 10.5 Å². The number of nitriles is 2. The topological polar surface area (TPSA) is 64.7 Å². The van der Waals surface area contributed by atoms with Crippen molar-refractivity contribution in [2.24, 2.45) is 17.8 Å². The van der Waals surface area contributed by atoms with Crippen molar-refractivity contribution in [3.8, 4) is 12.1 Å². The van der Waals surface area contributed by atoms with Crippen LogP contribution < -0.4 is 0 Å². The number of hydrogen-bond acceptors (Lipinski definition) is 3. The van der Waals surface area contributed by atoms with E-state index in [2.05, 4.69) is 12.1 Å². The molecule has 0 N–H and O–H groups in total. The molecule has 0 amide bonds. The number of benzene rings is 1. The molecule has 3 nitrogen and oxygen atoms in total. The molecular formula is C18H20N2O. The highest BCUT2D eigenvalue weighted by molar-refractivity contribution is 5.96. The van der Waals surface area contributed by atoms with Gasteiger partial charge in [-0.3, -0.25) is 4.79 Å². The lowest BCUT2D eigenvalue weighted by Crippen LogP contribution is -2.26. The Morgan fingerprint density at radius 2 is 1.71 bits per heavy atom. The minimum atomic E-state index is -0.680. The van der Waals surface area contributed by atoms with E-state index in [4.69, 9.17) is 0 Å². The van der Waals surface area contributed by atoms with Crippen LogP contribution in [0.25, 0.3) is 0 Å². The highest BCUT2D eigenvalue weighted by Gasteiger charge is 2.32. The van der Waals surface area contributed by atoms with E-state index in [1.165, 1.54) is 6.42 Å². The summed E-state index contributed by atoms with van der Waals surface area (Å²) in [5, 5.41) is 18.5. The maximum absolute atomic E-state index is 12.4. The first kappa shape index (κ1) is 15.3. The number of hydrogen-bond donors (Lipinski definition) is 0. The zero-order chi connectivity index (χ0) is 15.1. The lowest BCUT2D eigenvalue weighted by Gasteiger charge is -2.30. The summed E-state index contributed by atoms with van der Waals surface area (Å²) in [6.07, 6.45) is 5.88. The summed E-state index contributed by atoms with van der Waals surface area (Å²) >= 11 is 0. The van der Waals surface area contributed by atoms with Crippen LogP contribution in [0.2, 0.25) is 0 Å². The molecular weight excluding hydrogens is 260 g/mol. The first-order chi connectivity index (χ1) is 10.3. The summed E-state index contributed by atoms with van der Waals surface area (Å²) in [7, 11) is 0. The van der Waals surface area contributed by atoms with E-state index in [0.29, 0.717) is 17.9 Å². The Balaban J connectivity index is 2.14. The Kier molecular flexibility index (Phi) is 5.52. The van der Waals surface area contributed by atoms with Crippen molar-refractivity contribution in [2.75, 3.05) is 0 Å². The van der Waals surface area contributed by atoms with Crippen LogP contribution in [0.15, 0.2) is 30.3 Å². The van der Waals surface area contributed by atoms with Gasteiger partial charge in [0, 0.05) is 12.0 Å². The molecule has 1 unspecified atom stereocenters. The van der Waals surface area contributed by atoms with Crippen molar-refractivity contribution >= 4 is 5.78 Å². The molecule has 0 radical (unpaired) electrons. The van der Waals surface area contributed by atoms with Crippen LogP contribution in [0.3, 0.4) is 0 Å². The van der Waals surface area contributed by atoms with Crippen LogP contribution in [0.1, 0.15) is 48.9 Å². The number of ketones is 1. The molecule has 21 heavy (non-hydrogen) atoms. The van der Waals surface area contributed by atoms with Crippen molar-refractivity contribution in [1.82, 2.24) is 0 Å². The van der Waals surface area contributed by atoms with Gasteiger partial charge in [-0.15, -0.1) is 0 Å². The number of Topliss-reactive ketones (excluding diaryl/α,β-unsaturated/α-hetero) is 1. The zero-order valence-corrected chi connectivity index (χ0v) is 12.2. The number of carbonyl (C=O) groups excluding carboxylic acids is 1. The predicted octanol–water partition coefficient (Wildman–Crippen LogP) is 4.12. The van der Waals surface area contributed by atoms with Gasteiger partial charge in [0.25, 0.3) is 0 Å². The summed E-state index contributed by atoms with van der Waals surface area (Å²) in [5.74, 6) is -0.439. The second-order valence-electron chi connectivity index (χ2n) is 5.79. The average Bonchev–Trinajstić information content (AvgIpc) is 2.56. The minimum absolute atomic E-state index is 0.0432. The lowest BCUT2D eigenvalue weighted by atomic mass is 9.72. The summed E-state index contributed by atoms with van der Waals surface area (Å²) in [5.41, 5.74) is 0.674. The SMILES string of the molecule is N#CC(C#N)C(CC(=O)c1ccccc1)C1CCCCC1. The quantitative estimate of drug-likeness (QED) is 0.762. The molecule has 3 heteroatoms. The summed E-state index contributed by atoms with van der Waals surface area (Å²) in [6.45, 7) is 0. The number of nitrogens with zero attached hydrogens (tertiary/aromatic N) is 2. The van der Waals surface area contributed by atoms with Gasteiger partial charge < -0.3 is 0 Å². The van der Waals surface area contributed by atoms with Gasteiger partial charge in [-0.1, -0.05) is 62.4 Å². The van der Waals surface area contributed by atoms with Crippen LogP contribution in [-0.4, -0.2) is 5.78 Å². The van der Waals surface area contributed by atoms with E-state index < -0.39 is 5.92 Å². The predicted molar refractivity (Wildman–Crippen MR) is 80.2 cm³/mol. The molecule has 1 fully saturated rings. The smallest absolute Gasteiger partial charge is 0.163 e. The largest absolute Gasteiger partial charge is 0.294 e. The first-order valence-electron chi connectivity index (χ1n) is 7.63.